The number of hydrogen-bond acceptors (Lipinski definition) is 0. The molecule has 0 heterocycles. The van der Waals surface area contributed by atoms with Crippen LogP contribution in [0, 0.1) is 17.6 Å². The number of benzene rings is 1. The van der Waals surface area contributed by atoms with Gasteiger partial charge in [-0.3, -0.25) is 0 Å². The van der Waals surface area contributed by atoms with Gasteiger partial charge in [-0.25, -0.2) is 8.78 Å². The summed E-state index contributed by atoms with van der Waals surface area (Å²) in [6.45, 7) is 2.25. The van der Waals surface area contributed by atoms with Crippen LogP contribution in [0.15, 0.2) is 29.8 Å². The molecule has 0 aromatic heterocycles. The predicted molar refractivity (Wildman–Crippen MR) is 84.2 cm³/mol. The lowest BCUT2D eigenvalue weighted by Gasteiger charge is -2.22. The lowest BCUT2D eigenvalue weighted by atomic mass is 9.84. The summed E-state index contributed by atoms with van der Waals surface area (Å²) in [5.41, 5.74) is 2.38. The molecule has 1 unspecified atom stereocenters. The van der Waals surface area contributed by atoms with E-state index in [1.165, 1.54) is 62.7 Å². The Morgan fingerprint density at radius 1 is 1.10 bits per heavy atom. The van der Waals surface area contributed by atoms with Crippen LogP contribution in [-0.4, -0.2) is 0 Å². The number of aryl methyl sites for hydroxylation is 1. The fourth-order valence-electron chi connectivity index (χ4n) is 3.12. The van der Waals surface area contributed by atoms with E-state index in [1.54, 1.807) is 6.07 Å². The fraction of sp³-hybridized carbons (Fsp3) is 0.579. The molecule has 0 fully saturated rings. The third-order valence-electron chi connectivity index (χ3n) is 4.55. The third-order valence-corrected chi connectivity index (χ3v) is 4.55. The maximum atomic E-state index is 13.2. The van der Waals surface area contributed by atoms with Crippen LogP contribution >= 0.6 is 0 Å². The van der Waals surface area contributed by atoms with E-state index < -0.39 is 11.6 Å². The summed E-state index contributed by atoms with van der Waals surface area (Å²) in [6, 6.07) is 4.24. The molecule has 0 saturated heterocycles. The molecule has 0 radical (unpaired) electrons. The van der Waals surface area contributed by atoms with E-state index in [9.17, 15) is 8.78 Å². The molecule has 21 heavy (non-hydrogen) atoms. The SMILES string of the molecule is CCCCCC1CC=C(CCc2ccc(F)c(F)c2)CC1. The van der Waals surface area contributed by atoms with Gasteiger partial charge in [0, 0.05) is 0 Å². The second-order valence-electron chi connectivity index (χ2n) is 6.25. The molecule has 0 N–H and O–H groups in total. The van der Waals surface area contributed by atoms with Crippen LogP contribution in [0.2, 0.25) is 0 Å². The van der Waals surface area contributed by atoms with Gasteiger partial charge in [0.1, 0.15) is 0 Å². The van der Waals surface area contributed by atoms with E-state index in [4.69, 9.17) is 0 Å². The van der Waals surface area contributed by atoms with Crippen LogP contribution < -0.4 is 0 Å². The van der Waals surface area contributed by atoms with Gasteiger partial charge in [0.25, 0.3) is 0 Å². The molecule has 2 rings (SSSR count). The van der Waals surface area contributed by atoms with Crippen molar-refractivity contribution < 1.29 is 8.78 Å². The summed E-state index contributed by atoms with van der Waals surface area (Å²) < 4.78 is 26.0. The second kappa shape index (κ2) is 8.31. The molecule has 0 bridgehead atoms. The number of hydrogen-bond donors (Lipinski definition) is 0. The van der Waals surface area contributed by atoms with Crippen molar-refractivity contribution in [2.45, 2.75) is 64.7 Å². The maximum Gasteiger partial charge on any atom is 0.159 e. The Morgan fingerprint density at radius 3 is 2.62 bits per heavy atom. The Balaban J connectivity index is 1.75. The summed E-state index contributed by atoms with van der Waals surface area (Å²) in [4.78, 5) is 0. The number of rotatable bonds is 7. The quantitative estimate of drug-likeness (QED) is 0.414. The molecule has 1 aliphatic carbocycles. The molecule has 116 valence electrons. The van der Waals surface area contributed by atoms with E-state index in [1.807, 2.05) is 0 Å². The van der Waals surface area contributed by atoms with Crippen LogP contribution in [0.4, 0.5) is 8.78 Å². The van der Waals surface area contributed by atoms with Crippen molar-refractivity contribution in [3.63, 3.8) is 0 Å². The number of unbranched alkanes of at least 4 members (excludes halogenated alkanes) is 2. The molecular formula is C19H26F2. The van der Waals surface area contributed by atoms with Crippen LogP contribution in [-0.2, 0) is 6.42 Å². The third kappa shape index (κ3) is 5.26. The van der Waals surface area contributed by atoms with E-state index in [0.717, 1.165) is 24.3 Å². The van der Waals surface area contributed by atoms with Crippen molar-refractivity contribution in [2.75, 3.05) is 0 Å². The molecule has 1 aromatic rings. The molecule has 0 spiro atoms. The summed E-state index contributed by atoms with van der Waals surface area (Å²) >= 11 is 0. The van der Waals surface area contributed by atoms with Gasteiger partial charge in [0.2, 0.25) is 0 Å². The monoisotopic (exact) mass is 292 g/mol. The first-order valence-electron chi connectivity index (χ1n) is 8.31. The highest BCUT2D eigenvalue weighted by Gasteiger charge is 2.14. The topological polar surface area (TPSA) is 0 Å². The number of halogens is 2. The van der Waals surface area contributed by atoms with Crippen LogP contribution in [0.3, 0.4) is 0 Å². The first-order valence-corrected chi connectivity index (χ1v) is 8.31. The zero-order valence-electron chi connectivity index (χ0n) is 13.0. The lowest BCUT2D eigenvalue weighted by molar-refractivity contribution is 0.413. The zero-order chi connectivity index (χ0) is 15.1. The van der Waals surface area contributed by atoms with Gasteiger partial charge < -0.3 is 0 Å². The molecule has 0 saturated carbocycles. The molecule has 0 nitrogen and oxygen atoms in total. The Labute approximate surface area is 127 Å². The lowest BCUT2D eigenvalue weighted by Crippen LogP contribution is -2.06. The summed E-state index contributed by atoms with van der Waals surface area (Å²) in [6.07, 6.45) is 13.2. The second-order valence-corrected chi connectivity index (χ2v) is 6.25. The van der Waals surface area contributed by atoms with Crippen LogP contribution in [0.25, 0.3) is 0 Å². The van der Waals surface area contributed by atoms with E-state index in [0.29, 0.717) is 0 Å². The Bertz CT molecular complexity index is 476. The minimum atomic E-state index is -0.759. The molecule has 0 amide bonds. The minimum Gasteiger partial charge on any atom is -0.204 e. The number of allylic oxidation sites excluding steroid dienone is 2. The molecule has 1 aliphatic rings. The standard InChI is InChI=1S/C19H26F2/c1-2-3-4-5-15-6-8-16(9-7-15)10-11-17-12-13-18(20)19(21)14-17/h8,12-15H,2-7,9-11H2,1H3. The fourth-order valence-corrected chi connectivity index (χ4v) is 3.12. The zero-order valence-corrected chi connectivity index (χ0v) is 13.0. The molecule has 2 heteroatoms. The Morgan fingerprint density at radius 2 is 1.95 bits per heavy atom. The van der Waals surface area contributed by atoms with Crippen molar-refractivity contribution in [2.24, 2.45) is 5.92 Å². The van der Waals surface area contributed by atoms with Crippen molar-refractivity contribution >= 4 is 0 Å². The van der Waals surface area contributed by atoms with Gasteiger partial charge in [-0.1, -0.05) is 50.3 Å². The van der Waals surface area contributed by atoms with Gasteiger partial charge >= 0.3 is 0 Å². The van der Waals surface area contributed by atoms with Gasteiger partial charge in [-0.05, 0) is 55.7 Å². The van der Waals surface area contributed by atoms with Gasteiger partial charge in [0.15, 0.2) is 11.6 Å². The highest BCUT2D eigenvalue weighted by molar-refractivity contribution is 5.19. The van der Waals surface area contributed by atoms with E-state index in [2.05, 4.69) is 13.0 Å². The van der Waals surface area contributed by atoms with Crippen molar-refractivity contribution in [3.8, 4) is 0 Å². The van der Waals surface area contributed by atoms with Crippen molar-refractivity contribution in [1.82, 2.24) is 0 Å². The summed E-state index contributed by atoms with van der Waals surface area (Å²) in [5.74, 6) is -0.629. The average Bonchev–Trinajstić information content (AvgIpc) is 2.50. The van der Waals surface area contributed by atoms with Gasteiger partial charge in [0.05, 0.1) is 0 Å². The minimum absolute atomic E-state index is 0.735. The van der Waals surface area contributed by atoms with E-state index >= 15 is 0 Å². The molecule has 0 aliphatic heterocycles. The maximum absolute atomic E-state index is 13.2. The normalized spacial score (nSPS) is 18.6. The Hall–Kier alpha value is -1.18. The smallest absolute Gasteiger partial charge is 0.159 e. The van der Waals surface area contributed by atoms with Gasteiger partial charge in [-0.15, -0.1) is 0 Å². The highest BCUT2D eigenvalue weighted by Crippen LogP contribution is 2.29. The predicted octanol–water partition coefficient (Wildman–Crippen LogP) is 6.20. The van der Waals surface area contributed by atoms with Crippen molar-refractivity contribution in [1.29, 1.82) is 0 Å². The first-order chi connectivity index (χ1) is 10.2. The molecular weight excluding hydrogens is 266 g/mol. The molecule has 1 atom stereocenters. The van der Waals surface area contributed by atoms with Crippen molar-refractivity contribution in [3.05, 3.63) is 47.0 Å². The van der Waals surface area contributed by atoms with Crippen LogP contribution in [0.5, 0.6) is 0 Å². The van der Waals surface area contributed by atoms with E-state index in [-0.39, 0.29) is 0 Å². The first kappa shape index (κ1) is 16.2. The molecule has 1 aromatic carbocycles. The summed E-state index contributed by atoms with van der Waals surface area (Å²) in [7, 11) is 0. The summed E-state index contributed by atoms with van der Waals surface area (Å²) in [5, 5.41) is 0. The van der Waals surface area contributed by atoms with Gasteiger partial charge in [-0.2, -0.15) is 0 Å². The van der Waals surface area contributed by atoms with Crippen LogP contribution in [0.1, 0.15) is 63.9 Å². The highest BCUT2D eigenvalue weighted by atomic mass is 19.2. The average molecular weight is 292 g/mol. The Kier molecular flexibility index (Phi) is 6.41. The largest absolute Gasteiger partial charge is 0.204 e.